The van der Waals surface area contributed by atoms with Gasteiger partial charge in [-0.25, -0.2) is 4.68 Å². The van der Waals surface area contributed by atoms with Crippen LogP contribution in [0.3, 0.4) is 0 Å². The minimum Gasteiger partial charge on any atom is -0.349 e. The molecule has 8 nitrogen and oxygen atoms in total. The summed E-state index contributed by atoms with van der Waals surface area (Å²) in [6.07, 6.45) is 3.88. The maximum Gasteiger partial charge on any atom is 0.223 e. The molecule has 3 rings (SSSR count). The minimum atomic E-state index is 0. The number of nitrogens with one attached hydrogen (secondary N) is 1. The topological polar surface area (TPSA) is 84.4 Å². The first-order valence-corrected chi connectivity index (χ1v) is 7.95. The van der Waals surface area contributed by atoms with Crippen LogP contribution in [0.25, 0.3) is 5.69 Å². The molecule has 0 unspecified atom stereocenters. The number of guanidine groups is 1. The van der Waals surface area contributed by atoms with Gasteiger partial charge in [0.1, 0.15) is 0 Å². The van der Waals surface area contributed by atoms with Crippen molar-refractivity contribution in [2.45, 2.75) is 20.0 Å². The van der Waals surface area contributed by atoms with Gasteiger partial charge in [-0.15, -0.1) is 24.0 Å². The van der Waals surface area contributed by atoms with Gasteiger partial charge >= 0.3 is 0 Å². The van der Waals surface area contributed by atoms with Gasteiger partial charge in [-0.05, 0) is 12.1 Å². The van der Waals surface area contributed by atoms with Gasteiger partial charge in [0.25, 0.3) is 0 Å². The van der Waals surface area contributed by atoms with Crippen molar-refractivity contribution in [1.82, 2.24) is 30.1 Å². The number of rotatable bonds is 5. The molecule has 1 N–H and O–H groups in total. The number of hydrogen-bond donors (Lipinski definition) is 1. The lowest BCUT2D eigenvalue weighted by molar-refractivity contribution is 0.386. The summed E-state index contributed by atoms with van der Waals surface area (Å²) >= 11 is 0. The number of nitrogens with zero attached hydrogens (tertiary/aromatic N) is 6. The van der Waals surface area contributed by atoms with Crippen LogP contribution >= 0.6 is 24.0 Å². The van der Waals surface area contributed by atoms with Crippen LogP contribution in [-0.2, 0) is 13.1 Å². The summed E-state index contributed by atoms with van der Waals surface area (Å²) in [4.78, 5) is 10.5. The van der Waals surface area contributed by atoms with Gasteiger partial charge in [0.2, 0.25) is 5.89 Å². The Morgan fingerprint density at radius 2 is 2.08 bits per heavy atom. The Balaban J connectivity index is 0.00000243. The van der Waals surface area contributed by atoms with Crippen LogP contribution in [-0.4, -0.2) is 44.9 Å². The molecule has 0 atom stereocenters. The summed E-state index contributed by atoms with van der Waals surface area (Å²) < 4.78 is 6.83. The van der Waals surface area contributed by atoms with E-state index in [4.69, 9.17) is 4.52 Å². The molecule has 2 aromatic heterocycles. The van der Waals surface area contributed by atoms with E-state index >= 15 is 0 Å². The molecule has 0 radical (unpaired) electrons. The standard InChI is InChI=1S/C17H21N7O.HI/c1-13-21-16(22-25-13)10-19-17(18-2)23(3)11-14-9-20-24(12-14)15-7-5-4-6-8-15;/h4-9,12H,10-11H2,1-3H3,(H,18,19);1H. The first-order valence-electron chi connectivity index (χ1n) is 7.95. The fourth-order valence-corrected chi connectivity index (χ4v) is 2.47. The molecule has 0 saturated heterocycles. The predicted molar refractivity (Wildman–Crippen MR) is 110 cm³/mol. The predicted octanol–water partition coefficient (Wildman–Crippen LogP) is 2.39. The van der Waals surface area contributed by atoms with Crippen molar-refractivity contribution >= 4 is 29.9 Å². The summed E-state index contributed by atoms with van der Waals surface area (Å²) in [6.45, 7) is 2.90. The van der Waals surface area contributed by atoms with Gasteiger partial charge in [0.05, 0.1) is 18.4 Å². The van der Waals surface area contributed by atoms with Gasteiger partial charge in [-0.3, -0.25) is 4.99 Å². The van der Waals surface area contributed by atoms with E-state index < -0.39 is 0 Å². The molecule has 1 aromatic carbocycles. The summed E-state index contributed by atoms with van der Waals surface area (Å²) in [6, 6.07) is 10.0. The molecule has 138 valence electrons. The first-order chi connectivity index (χ1) is 12.2. The molecular weight excluding hydrogens is 445 g/mol. The fourth-order valence-electron chi connectivity index (χ4n) is 2.47. The smallest absolute Gasteiger partial charge is 0.223 e. The van der Waals surface area contributed by atoms with Crippen molar-refractivity contribution in [3.8, 4) is 5.69 Å². The molecule has 0 spiro atoms. The SMILES string of the molecule is CN=C(NCc1noc(C)n1)N(C)Cc1cnn(-c2ccccc2)c1.I. The monoisotopic (exact) mass is 467 g/mol. The average Bonchev–Trinajstić information content (AvgIpc) is 3.25. The second kappa shape index (κ2) is 9.32. The molecule has 0 saturated carbocycles. The van der Waals surface area contributed by atoms with Crippen LogP contribution in [0.1, 0.15) is 17.3 Å². The number of hydrogen-bond acceptors (Lipinski definition) is 5. The van der Waals surface area contributed by atoms with Gasteiger partial charge < -0.3 is 14.7 Å². The van der Waals surface area contributed by atoms with Crippen LogP contribution in [0.2, 0.25) is 0 Å². The Morgan fingerprint density at radius 1 is 1.31 bits per heavy atom. The Morgan fingerprint density at radius 3 is 2.73 bits per heavy atom. The molecule has 3 aromatic rings. The highest BCUT2D eigenvalue weighted by Gasteiger charge is 2.10. The summed E-state index contributed by atoms with van der Waals surface area (Å²) in [7, 11) is 3.71. The number of benzene rings is 1. The van der Waals surface area contributed by atoms with Crippen molar-refractivity contribution in [2.75, 3.05) is 14.1 Å². The third kappa shape index (κ3) is 5.04. The van der Waals surface area contributed by atoms with E-state index in [9.17, 15) is 0 Å². The quantitative estimate of drug-likeness (QED) is 0.353. The number of aryl methyl sites for hydroxylation is 1. The summed E-state index contributed by atoms with van der Waals surface area (Å²) in [5.41, 5.74) is 2.12. The molecule has 0 aliphatic carbocycles. The summed E-state index contributed by atoms with van der Waals surface area (Å²) in [5, 5.41) is 11.5. The fraction of sp³-hybridized carbons (Fsp3) is 0.294. The van der Waals surface area contributed by atoms with Crippen molar-refractivity contribution in [2.24, 2.45) is 4.99 Å². The van der Waals surface area contributed by atoms with Crippen LogP contribution in [0.4, 0.5) is 0 Å². The van der Waals surface area contributed by atoms with Crippen molar-refractivity contribution < 1.29 is 4.52 Å². The van der Waals surface area contributed by atoms with E-state index in [1.54, 1.807) is 14.0 Å². The lowest BCUT2D eigenvalue weighted by Crippen LogP contribution is -2.38. The third-order valence-electron chi connectivity index (χ3n) is 3.62. The molecule has 0 aliphatic rings. The minimum absolute atomic E-state index is 0. The molecule has 0 fully saturated rings. The molecule has 2 heterocycles. The second-order valence-electron chi connectivity index (χ2n) is 5.62. The van der Waals surface area contributed by atoms with Crippen LogP contribution in [0.15, 0.2) is 52.2 Å². The Kier molecular flexibility index (Phi) is 7.13. The first kappa shape index (κ1) is 19.9. The van der Waals surface area contributed by atoms with Gasteiger partial charge in [0, 0.05) is 39.3 Å². The Hall–Kier alpha value is -2.43. The highest BCUT2D eigenvalue weighted by atomic mass is 127. The van der Waals surface area contributed by atoms with Crippen molar-refractivity contribution in [1.29, 1.82) is 0 Å². The molecule has 0 aliphatic heterocycles. The van der Waals surface area contributed by atoms with Crippen molar-refractivity contribution in [3.63, 3.8) is 0 Å². The highest BCUT2D eigenvalue weighted by Crippen LogP contribution is 2.09. The largest absolute Gasteiger partial charge is 0.349 e. The Bertz CT molecular complexity index is 844. The number of halogens is 1. The molecule has 0 amide bonds. The lowest BCUT2D eigenvalue weighted by Gasteiger charge is -2.20. The normalized spacial score (nSPS) is 11.1. The van der Waals surface area contributed by atoms with E-state index in [0.717, 1.165) is 17.2 Å². The third-order valence-corrected chi connectivity index (χ3v) is 3.62. The molecule has 9 heteroatoms. The van der Waals surface area contributed by atoms with Gasteiger partial charge in [-0.1, -0.05) is 23.4 Å². The zero-order valence-electron chi connectivity index (χ0n) is 15.0. The van der Waals surface area contributed by atoms with E-state index in [-0.39, 0.29) is 24.0 Å². The van der Waals surface area contributed by atoms with Crippen molar-refractivity contribution in [3.05, 3.63) is 60.0 Å². The zero-order chi connectivity index (χ0) is 17.6. The summed E-state index contributed by atoms with van der Waals surface area (Å²) in [5.74, 6) is 1.90. The zero-order valence-corrected chi connectivity index (χ0v) is 17.3. The molecule has 0 bridgehead atoms. The van der Waals surface area contributed by atoms with Crippen LogP contribution in [0, 0.1) is 6.92 Å². The number of aliphatic imine (C=N–C) groups is 1. The highest BCUT2D eigenvalue weighted by molar-refractivity contribution is 14.0. The van der Waals surface area contributed by atoms with Crippen LogP contribution < -0.4 is 5.32 Å². The van der Waals surface area contributed by atoms with E-state index in [0.29, 0.717) is 24.8 Å². The van der Waals surface area contributed by atoms with E-state index in [2.05, 4.69) is 25.5 Å². The van der Waals surface area contributed by atoms with E-state index in [1.165, 1.54) is 0 Å². The average molecular weight is 467 g/mol. The van der Waals surface area contributed by atoms with Gasteiger partial charge in [-0.2, -0.15) is 10.1 Å². The second-order valence-corrected chi connectivity index (χ2v) is 5.62. The lowest BCUT2D eigenvalue weighted by atomic mass is 10.3. The maximum atomic E-state index is 4.97. The molecule has 26 heavy (non-hydrogen) atoms. The van der Waals surface area contributed by atoms with E-state index in [1.807, 2.05) is 59.4 Å². The van der Waals surface area contributed by atoms with Gasteiger partial charge in [0.15, 0.2) is 11.8 Å². The molecular formula is C17H22IN7O. The number of aromatic nitrogens is 4. The number of para-hydroxylation sites is 1. The Labute approximate surface area is 169 Å². The van der Waals surface area contributed by atoms with Crippen LogP contribution in [0.5, 0.6) is 0 Å². The maximum absolute atomic E-state index is 4.97.